The Bertz CT molecular complexity index is 373. The first-order valence-corrected chi connectivity index (χ1v) is 6.83. The Balaban J connectivity index is 2.49. The minimum absolute atomic E-state index is 0.0832. The van der Waals surface area contributed by atoms with Gasteiger partial charge in [0.05, 0.1) is 0 Å². The number of aryl methyl sites for hydroxylation is 1. The Morgan fingerprint density at radius 2 is 2.17 bits per heavy atom. The molecule has 0 radical (unpaired) electrons. The van der Waals surface area contributed by atoms with Crippen LogP contribution in [-0.4, -0.2) is 18.1 Å². The zero-order valence-corrected chi connectivity index (χ0v) is 11.8. The van der Waals surface area contributed by atoms with E-state index in [9.17, 15) is 9.59 Å². The van der Waals surface area contributed by atoms with Crippen molar-refractivity contribution in [3.05, 3.63) is 22.4 Å². The smallest absolute Gasteiger partial charge is 0.304 e. The molecule has 0 fully saturated rings. The SMILES string of the molecule is CC(=O)NC(OC(C)=O)[C@H](C)CCc1cccs1. The standard InChI is InChI=1S/C13H19NO3S/c1-9(6-7-12-5-4-8-18-12)13(14-10(2)15)17-11(3)16/h4-5,8-9,13H,6-7H2,1-3H3,(H,14,15)/t9-,13?/m1/s1. The van der Waals surface area contributed by atoms with Crippen LogP contribution in [0.15, 0.2) is 17.5 Å². The van der Waals surface area contributed by atoms with Crippen molar-refractivity contribution in [2.24, 2.45) is 5.92 Å². The minimum atomic E-state index is -0.542. The molecule has 1 unspecified atom stereocenters. The predicted molar refractivity (Wildman–Crippen MR) is 71.2 cm³/mol. The molecule has 1 aromatic rings. The normalized spacial score (nSPS) is 13.7. The Morgan fingerprint density at radius 1 is 1.44 bits per heavy atom. The van der Waals surface area contributed by atoms with Gasteiger partial charge in [-0.1, -0.05) is 13.0 Å². The van der Waals surface area contributed by atoms with E-state index in [0.29, 0.717) is 0 Å². The van der Waals surface area contributed by atoms with Crippen molar-refractivity contribution in [2.45, 2.75) is 39.8 Å². The van der Waals surface area contributed by atoms with E-state index in [1.807, 2.05) is 18.4 Å². The largest absolute Gasteiger partial charge is 0.442 e. The molecule has 18 heavy (non-hydrogen) atoms. The van der Waals surface area contributed by atoms with E-state index in [0.717, 1.165) is 12.8 Å². The van der Waals surface area contributed by atoms with Gasteiger partial charge in [-0.05, 0) is 24.3 Å². The van der Waals surface area contributed by atoms with Crippen molar-refractivity contribution < 1.29 is 14.3 Å². The maximum atomic E-state index is 11.1. The third-order valence-electron chi connectivity index (χ3n) is 2.58. The summed E-state index contributed by atoms with van der Waals surface area (Å²) in [7, 11) is 0. The predicted octanol–water partition coefficient (Wildman–Crippen LogP) is 2.34. The van der Waals surface area contributed by atoms with Crippen LogP contribution in [0.3, 0.4) is 0 Å². The first kappa shape index (κ1) is 14.7. The molecular formula is C13H19NO3S. The maximum absolute atomic E-state index is 11.1. The van der Waals surface area contributed by atoms with Crippen LogP contribution in [0.25, 0.3) is 0 Å². The third kappa shape index (κ3) is 5.31. The lowest BCUT2D eigenvalue weighted by Gasteiger charge is -2.23. The van der Waals surface area contributed by atoms with Crippen LogP contribution in [0, 0.1) is 5.92 Å². The van der Waals surface area contributed by atoms with E-state index >= 15 is 0 Å². The molecule has 5 heteroatoms. The number of hydrogen-bond acceptors (Lipinski definition) is 4. The van der Waals surface area contributed by atoms with Gasteiger partial charge >= 0.3 is 5.97 Å². The number of hydrogen-bond donors (Lipinski definition) is 1. The van der Waals surface area contributed by atoms with Gasteiger partial charge in [0.1, 0.15) is 0 Å². The quantitative estimate of drug-likeness (QED) is 0.637. The Hall–Kier alpha value is -1.36. The van der Waals surface area contributed by atoms with Gasteiger partial charge in [0, 0.05) is 24.6 Å². The summed E-state index contributed by atoms with van der Waals surface area (Å²) in [6.45, 7) is 4.74. The van der Waals surface area contributed by atoms with Crippen molar-refractivity contribution >= 4 is 23.2 Å². The summed E-state index contributed by atoms with van der Waals surface area (Å²) in [5, 5.41) is 4.70. The second-order valence-electron chi connectivity index (χ2n) is 4.33. The lowest BCUT2D eigenvalue weighted by Crippen LogP contribution is -2.41. The van der Waals surface area contributed by atoms with Crippen molar-refractivity contribution in [3.63, 3.8) is 0 Å². The van der Waals surface area contributed by atoms with Gasteiger partial charge in [0.15, 0.2) is 6.23 Å². The molecule has 100 valence electrons. The molecule has 1 aromatic heterocycles. The number of rotatable bonds is 6. The second kappa shape index (κ2) is 7.16. The topological polar surface area (TPSA) is 55.4 Å². The summed E-state index contributed by atoms with van der Waals surface area (Å²) in [6, 6.07) is 4.10. The zero-order chi connectivity index (χ0) is 13.5. The molecule has 2 atom stereocenters. The Kier molecular flexibility index (Phi) is 5.85. The first-order valence-electron chi connectivity index (χ1n) is 5.95. The van der Waals surface area contributed by atoms with Crippen molar-refractivity contribution in [1.29, 1.82) is 0 Å². The van der Waals surface area contributed by atoms with Crippen LogP contribution in [-0.2, 0) is 20.7 Å². The van der Waals surface area contributed by atoms with Gasteiger partial charge in [-0.2, -0.15) is 0 Å². The zero-order valence-electron chi connectivity index (χ0n) is 10.9. The molecule has 0 spiro atoms. The van der Waals surface area contributed by atoms with Crippen LogP contribution < -0.4 is 5.32 Å². The summed E-state index contributed by atoms with van der Waals surface area (Å²) >= 11 is 1.71. The van der Waals surface area contributed by atoms with Gasteiger partial charge in [0.25, 0.3) is 0 Å². The highest BCUT2D eigenvalue weighted by Crippen LogP contribution is 2.17. The summed E-state index contributed by atoms with van der Waals surface area (Å²) in [5.41, 5.74) is 0. The second-order valence-corrected chi connectivity index (χ2v) is 5.36. The summed E-state index contributed by atoms with van der Waals surface area (Å²) in [4.78, 5) is 23.4. The monoisotopic (exact) mass is 269 g/mol. The maximum Gasteiger partial charge on any atom is 0.304 e. The van der Waals surface area contributed by atoms with E-state index in [1.54, 1.807) is 11.3 Å². The molecule has 1 rings (SSSR count). The van der Waals surface area contributed by atoms with E-state index in [-0.39, 0.29) is 17.8 Å². The van der Waals surface area contributed by atoms with E-state index in [4.69, 9.17) is 4.74 Å². The molecule has 1 amide bonds. The fraction of sp³-hybridized carbons (Fsp3) is 0.538. The molecule has 1 heterocycles. The lowest BCUT2D eigenvalue weighted by molar-refractivity contribution is -0.152. The first-order chi connectivity index (χ1) is 8.49. The van der Waals surface area contributed by atoms with Crippen LogP contribution in [0.5, 0.6) is 0 Å². The minimum Gasteiger partial charge on any atom is -0.442 e. The highest BCUT2D eigenvalue weighted by Gasteiger charge is 2.21. The van der Waals surface area contributed by atoms with Gasteiger partial charge in [-0.25, -0.2) is 0 Å². The van der Waals surface area contributed by atoms with Gasteiger partial charge < -0.3 is 10.1 Å². The van der Waals surface area contributed by atoms with E-state index < -0.39 is 6.23 Å². The Morgan fingerprint density at radius 3 is 2.67 bits per heavy atom. The molecule has 0 bridgehead atoms. The van der Waals surface area contributed by atoms with Crippen LogP contribution in [0.2, 0.25) is 0 Å². The number of ether oxygens (including phenoxy) is 1. The fourth-order valence-electron chi connectivity index (χ4n) is 1.64. The van der Waals surface area contributed by atoms with Crippen molar-refractivity contribution in [1.82, 2.24) is 5.32 Å². The molecule has 4 nitrogen and oxygen atoms in total. The van der Waals surface area contributed by atoms with Crippen molar-refractivity contribution in [2.75, 3.05) is 0 Å². The molecule has 0 aliphatic rings. The summed E-state index contributed by atoms with van der Waals surface area (Å²) < 4.78 is 5.13. The highest BCUT2D eigenvalue weighted by atomic mass is 32.1. The van der Waals surface area contributed by atoms with Crippen LogP contribution in [0.4, 0.5) is 0 Å². The lowest BCUT2D eigenvalue weighted by atomic mass is 10.0. The number of carbonyl (C=O) groups is 2. The van der Waals surface area contributed by atoms with Crippen molar-refractivity contribution in [3.8, 4) is 0 Å². The summed E-state index contributed by atoms with van der Waals surface area (Å²) in [6.07, 6.45) is 1.24. The molecular weight excluding hydrogens is 250 g/mol. The Labute approximate surface area is 111 Å². The van der Waals surface area contributed by atoms with Gasteiger partial charge in [-0.15, -0.1) is 11.3 Å². The molecule has 0 saturated heterocycles. The van der Waals surface area contributed by atoms with E-state index in [2.05, 4.69) is 11.4 Å². The molecule has 0 aliphatic heterocycles. The molecule has 0 saturated carbocycles. The number of thiophene rings is 1. The average Bonchev–Trinajstić information content (AvgIpc) is 2.76. The third-order valence-corrected chi connectivity index (χ3v) is 3.52. The van der Waals surface area contributed by atoms with Crippen LogP contribution in [0.1, 0.15) is 32.1 Å². The molecule has 0 aromatic carbocycles. The summed E-state index contributed by atoms with van der Waals surface area (Å²) in [5.74, 6) is -0.485. The molecule has 0 aliphatic carbocycles. The number of amides is 1. The fourth-order valence-corrected chi connectivity index (χ4v) is 2.37. The number of esters is 1. The van der Waals surface area contributed by atoms with Crippen LogP contribution >= 0.6 is 11.3 Å². The average molecular weight is 269 g/mol. The van der Waals surface area contributed by atoms with Gasteiger partial charge in [0.2, 0.25) is 5.91 Å². The number of carbonyl (C=O) groups excluding carboxylic acids is 2. The highest BCUT2D eigenvalue weighted by molar-refractivity contribution is 7.09. The molecule has 1 N–H and O–H groups in total. The van der Waals surface area contributed by atoms with E-state index in [1.165, 1.54) is 18.7 Å². The number of nitrogens with one attached hydrogen (secondary N) is 1. The van der Waals surface area contributed by atoms with Gasteiger partial charge in [-0.3, -0.25) is 9.59 Å².